The number of aryl methyl sites for hydroxylation is 1. The average Bonchev–Trinajstić information content (AvgIpc) is 2.55. The van der Waals surface area contributed by atoms with Gasteiger partial charge < -0.3 is 10.6 Å². The van der Waals surface area contributed by atoms with Crippen LogP contribution in [0.25, 0.3) is 0 Å². The normalized spacial score (nSPS) is 10.0. The van der Waals surface area contributed by atoms with Crippen LogP contribution < -0.4 is 10.6 Å². The van der Waals surface area contributed by atoms with Gasteiger partial charge in [0, 0.05) is 27.6 Å². The van der Waals surface area contributed by atoms with Crippen LogP contribution in [0.15, 0.2) is 59.1 Å². The lowest BCUT2D eigenvalue weighted by molar-refractivity contribution is 1.11. The fourth-order valence-corrected chi connectivity index (χ4v) is 2.56. The standard InChI is InChI=1S/C18H14BrN5/c1-12-9-17(22-16-4-2-3-14(19)10-16)24-18(21-12)23-15-7-5-13(11-20)6-8-15/h2-10H,1H3,(H2,21,22,23,24). The van der Waals surface area contributed by atoms with E-state index < -0.39 is 0 Å². The third-order valence-electron chi connectivity index (χ3n) is 3.22. The maximum absolute atomic E-state index is 8.84. The van der Waals surface area contributed by atoms with Gasteiger partial charge in [0.25, 0.3) is 0 Å². The van der Waals surface area contributed by atoms with E-state index in [1.165, 1.54) is 0 Å². The minimum atomic E-state index is 0.497. The molecule has 3 aromatic rings. The first-order valence-electron chi connectivity index (χ1n) is 7.28. The highest BCUT2D eigenvalue weighted by atomic mass is 79.9. The number of halogens is 1. The van der Waals surface area contributed by atoms with Crippen molar-refractivity contribution in [3.8, 4) is 6.07 Å². The van der Waals surface area contributed by atoms with Crippen molar-refractivity contribution in [2.24, 2.45) is 0 Å². The highest BCUT2D eigenvalue weighted by Crippen LogP contribution is 2.21. The molecule has 118 valence electrons. The molecule has 0 amide bonds. The number of anilines is 4. The molecule has 0 atom stereocenters. The van der Waals surface area contributed by atoms with E-state index in [0.29, 0.717) is 17.3 Å². The van der Waals surface area contributed by atoms with Gasteiger partial charge >= 0.3 is 0 Å². The zero-order valence-corrected chi connectivity index (χ0v) is 14.5. The Kier molecular flexibility index (Phi) is 4.73. The second-order valence-electron chi connectivity index (χ2n) is 5.17. The zero-order valence-electron chi connectivity index (χ0n) is 12.9. The van der Waals surface area contributed by atoms with E-state index in [1.54, 1.807) is 12.1 Å². The van der Waals surface area contributed by atoms with Crippen LogP contribution in [0, 0.1) is 18.3 Å². The Balaban J connectivity index is 1.81. The Morgan fingerprint density at radius 2 is 1.75 bits per heavy atom. The third-order valence-corrected chi connectivity index (χ3v) is 3.71. The van der Waals surface area contributed by atoms with Crippen molar-refractivity contribution in [2.45, 2.75) is 6.92 Å². The van der Waals surface area contributed by atoms with Gasteiger partial charge in [0.1, 0.15) is 5.82 Å². The van der Waals surface area contributed by atoms with E-state index in [1.807, 2.05) is 49.4 Å². The van der Waals surface area contributed by atoms with Crippen LogP contribution in [0.4, 0.5) is 23.1 Å². The molecular weight excluding hydrogens is 366 g/mol. The summed E-state index contributed by atoms with van der Waals surface area (Å²) in [6.07, 6.45) is 0. The second kappa shape index (κ2) is 7.11. The van der Waals surface area contributed by atoms with Gasteiger partial charge in [-0.1, -0.05) is 22.0 Å². The molecule has 5 nitrogen and oxygen atoms in total. The van der Waals surface area contributed by atoms with Crippen molar-refractivity contribution in [1.82, 2.24) is 9.97 Å². The molecule has 0 saturated carbocycles. The number of nitriles is 1. The third kappa shape index (κ3) is 4.09. The van der Waals surface area contributed by atoms with Gasteiger partial charge in [-0.15, -0.1) is 0 Å². The molecule has 2 N–H and O–H groups in total. The van der Waals surface area contributed by atoms with E-state index >= 15 is 0 Å². The lowest BCUT2D eigenvalue weighted by Crippen LogP contribution is -2.02. The molecule has 0 unspecified atom stereocenters. The van der Waals surface area contributed by atoms with Crippen LogP contribution in [0.3, 0.4) is 0 Å². The predicted octanol–water partition coefficient (Wildman–Crippen LogP) is 4.91. The second-order valence-corrected chi connectivity index (χ2v) is 6.08. The molecule has 6 heteroatoms. The molecule has 1 aromatic heterocycles. The van der Waals surface area contributed by atoms with Gasteiger partial charge in [0.05, 0.1) is 11.6 Å². The van der Waals surface area contributed by atoms with Gasteiger partial charge in [-0.2, -0.15) is 10.2 Å². The van der Waals surface area contributed by atoms with Crippen LogP contribution in [-0.2, 0) is 0 Å². The van der Waals surface area contributed by atoms with Crippen LogP contribution in [0.5, 0.6) is 0 Å². The minimum absolute atomic E-state index is 0.497. The fourth-order valence-electron chi connectivity index (χ4n) is 2.16. The Morgan fingerprint density at radius 3 is 2.46 bits per heavy atom. The van der Waals surface area contributed by atoms with Crippen molar-refractivity contribution >= 4 is 39.1 Å². The number of hydrogen-bond donors (Lipinski definition) is 2. The summed E-state index contributed by atoms with van der Waals surface area (Å²) in [5, 5.41) is 15.3. The monoisotopic (exact) mass is 379 g/mol. The van der Waals surface area contributed by atoms with Crippen molar-refractivity contribution in [3.05, 3.63) is 70.3 Å². The molecule has 0 aliphatic carbocycles. The summed E-state index contributed by atoms with van der Waals surface area (Å²) in [7, 11) is 0. The fraction of sp³-hybridized carbons (Fsp3) is 0.0556. The molecule has 3 rings (SSSR count). The van der Waals surface area contributed by atoms with E-state index in [2.05, 4.69) is 42.6 Å². The van der Waals surface area contributed by atoms with Gasteiger partial charge in [-0.25, -0.2) is 4.98 Å². The molecule has 0 fully saturated rings. The maximum Gasteiger partial charge on any atom is 0.229 e. The first-order valence-corrected chi connectivity index (χ1v) is 8.07. The van der Waals surface area contributed by atoms with E-state index in [-0.39, 0.29) is 0 Å². The molecule has 0 aliphatic heterocycles. The summed E-state index contributed by atoms with van der Waals surface area (Å²) in [6.45, 7) is 1.91. The molecule has 0 saturated heterocycles. The Labute approximate surface area is 148 Å². The Hall–Kier alpha value is -2.91. The highest BCUT2D eigenvalue weighted by molar-refractivity contribution is 9.10. The minimum Gasteiger partial charge on any atom is -0.340 e. The molecule has 0 radical (unpaired) electrons. The van der Waals surface area contributed by atoms with Crippen LogP contribution in [0.2, 0.25) is 0 Å². The first-order chi connectivity index (χ1) is 11.6. The van der Waals surface area contributed by atoms with Crippen molar-refractivity contribution in [3.63, 3.8) is 0 Å². The van der Waals surface area contributed by atoms with E-state index in [9.17, 15) is 0 Å². The SMILES string of the molecule is Cc1cc(Nc2cccc(Br)c2)nc(Nc2ccc(C#N)cc2)n1. The lowest BCUT2D eigenvalue weighted by atomic mass is 10.2. The number of rotatable bonds is 4. The molecule has 24 heavy (non-hydrogen) atoms. The molecule has 1 heterocycles. The van der Waals surface area contributed by atoms with E-state index in [0.717, 1.165) is 21.5 Å². The molecular formula is C18H14BrN5. The van der Waals surface area contributed by atoms with Crippen molar-refractivity contribution < 1.29 is 0 Å². The summed E-state index contributed by atoms with van der Waals surface area (Å²) < 4.78 is 0.995. The number of nitrogens with zero attached hydrogens (tertiary/aromatic N) is 3. The first kappa shape index (κ1) is 16.0. The number of hydrogen-bond acceptors (Lipinski definition) is 5. The topological polar surface area (TPSA) is 73.6 Å². The summed E-state index contributed by atoms with van der Waals surface area (Å²) >= 11 is 3.45. The van der Waals surface area contributed by atoms with Crippen LogP contribution in [0.1, 0.15) is 11.3 Å². The van der Waals surface area contributed by atoms with E-state index in [4.69, 9.17) is 5.26 Å². The number of nitrogens with one attached hydrogen (secondary N) is 2. The summed E-state index contributed by atoms with van der Waals surface area (Å²) in [4.78, 5) is 8.88. The summed E-state index contributed by atoms with van der Waals surface area (Å²) in [5.41, 5.74) is 3.22. The highest BCUT2D eigenvalue weighted by Gasteiger charge is 2.04. The molecule has 0 aliphatic rings. The summed E-state index contributed by atoms with van der Waals surface area (Å²) in [5.74, 6) is 1.20. The van der Waals surface area contributed by atoms with Crippen LogP contribution >= 0.6 is 15.9 Å². The number of benzene rings is 2. The van der Waals surface area contributed by atoms with Crippen molar-refractivity contribution in [1.29, 1.82) is 5.26 Å². The molecule has 0 spiro atoms. The van der Waals surface area contributed by atoms with Gasteiger partial charge in [-0.3, -0.25) is 0 Å². The van der Waals surface area contributed by atoms with Gasteiger partial charge in [-0.05, 0) is 49.4 Å². The van der Waals surface area contributed by atoms with Crippen LogP contribution in [-0.4, -0.2) is 9.97 Å². The van der Waals surface area contributed by atoms with Gasteiger partial charge in [0.2, 0.25) is 5.95 Å². The molecule has 2 aromatic carbocycles. The largest absolute Gasteiger partial charge is 0.340 e. The molecule has 0 bridgehead atoms. The quantitative estimate of drug-likeness (QED) is 0.673. The van der Waals surface area contributed by atoms with Crippen molar-refractivity contribution in [2.75, 3.05) is 10.6 Å². The smallest absolute Gasteiger partial charge is 0.229 e. The average molecular weight is 380 g/mol. The maximum atomic E-state index is 8.84. The predicted molar refractivity (Wildman–Crippen MR) is 98.6 cm³/mol. The number of aromatic nitrogens is 2. The zero-order chi connectivity index (χ0) is 16.9. The van der Waals surface area contributed by atoms with Gasteiger partial charge in [0.15, 0.2) is 0 Å². The Bertz CT molecular complexity index is 900. The lowest BCUT2D eigenvalue weighted by Gasteiger charge is -2.10. The summed E-state index contributed by atoms with van der Waals surface area (Å²) in [6, 6.07) is 19.0. The Morgan fingerprint density at radius 1 is 0.958 bits per heavy atom.